The lowest BCUT2D eigenvalue weighted by molar-refractivity contribution is 0.0977. The van der Waals surface area contributed by atoms with Crippen molar-refractivity contribution in [2.75, 3.05) is 25.4 Å². The SMILES string of the molecule is O=C(NC1=NCCS1)c1cccc(S(=O)(=O)NCC2CCCO2)c1. The van der Waals surface area contributed by atoms with Crippen LogP contribution in [0, 0.1) is 0 Å². The number of hydrogen-bond acceptors (Lipinski definition) is 6. The van der Waals surface area contributed by atoms with Crippen LogP contribution >= 0.6 is 11.8 Å². The Bertz CT molecular complexity index is 743. The first-order chi connectivity index (χ1) is 11.5. The Labute approximate surface area is 145 Å². The van der Waals surface area contributed by atoms with E-state index in [1.807, 2.05) is 0 Å². The molecule has 0 saturated carbocycles. The molecule has 2 aliphatic rings. The minimum Gasteiger partial charge on any atom is -0.377 e. The maximum Gasteiger partial charge on any atom is 0.257 e. The zero-order valence-electron chi connectivity index (χ0n) is 13.0. The minimum absolute atomic E-state index is 0.0640. The van der Waals surface area contributed by atoms with Gasteiger partial charge in [-0.3, -0.25) is 9.79 Å². The lowest BCUT2D eigenvalue weighted by Crippen LogP contribution is -2.32. The average molecular weight is 369 g/mol. The lowest BCUT2D eigenvalue weighted by Gasteiger charge is -2.12. The summed E-state index contributed by atoms with van der Waals surface area (Å²) >= 11 is 1.47. The van der Waals surface area contributed by atoms with E-state index in [0.29, 0.717) is 18.3 Å². The van der Waals surface area contributed by atoms with Gasteiger partial charge in [0.25, 0.3) is 5.91 Å². The number of sulfonamides is 1. The first-order valence-corrected chi connectivity index (χ1v) is 10.2. The number of nitrogens with one attached hydrogen (secondary N) is 2. The molecule has 9 heteroatoms. The van der Waals surface area contributed by atoms with Crippen LogP contribution in [0.1, 0.15) is 23.2 Å². The molecule has 24 heavy (non-hydrogen) atoms. The number of amides is 1. The van der Waals surface area contributed by atoms with Crippen molar-refractivity contribution in [1.29, 1.82) is 0 Å². The van der Waals surface area contributed by atoms with Crippen LogP contribution in [0.4, 0.5) is 0 Å². The standard InChI is InChI=1S/C15H19N3O4S2/c19-14(18-15-16-6-8-23-15)11-3-1-5-13(9-11)24(20,21)17-10-12-4-2-7-22-12/h1,3,5,9,12,17H,2,4,6-8,10H2,(H,16,18,19). The van der Waals surface area contributed by atoms with E-state index in [9.17, 15) is 13.2 Å². The quantitative estimate of drug-likeness (QED) is 0.806. The van der Waals surface area contributed by atoms with E-state index in [0.717, 1.165) is 18.6 Å². The summed E-state index contributed by atoms with van der Waals surface area (Å²) in [5.74, 6) is 0.483. The first kappa shape index (κ1) is 17.4. The maximum absolute atomic E-state index is 12.4. The largest absolute Gasteiger partial charge is 0.377 e. The molecule has 1 saturated heterocycles. The lowest BCUT2D eigenvalue weighted by atomic mass is 10.2. The van der Waals surface area contributed by atoms with Gasteiger partial charge >= 0.3 is 0 Å². The molecule has 0 aromatic heterocycles. The van der Waals surface area contributed by atoms with E-state index in [1.165, 1.54) is 23.9 Å². The van der Waals surface area contributed by atoms with E-state index in [2.05, 4.69) is 15.0 Å². The highest BCUT2D eigenvalue weighted by molar-refractivity contribution is 8.14. The van der Waals surface area contributed by atoms with Crippen molar-refractivity contribution in [2.24, 2.45) is 4.99 Å². The Morgan fingerprint density at radius 1 is 1.42 bits per heavy atom. The highest BCUT2D eigenvalue weighted by Crippen LogP contribution is 2.15. The van der Waals surface area contributed by atoms with Crippen LogP contribution < -0.4 is 10.0 Å². The summed E-state index contributed by atoms with van der Waals surface area (Å²) in [6.07, 6.45) is 1.72. The van der Waals surface area contributed by atoms with Crippen LogP contribution in [-0.2, 0) is 14.8 Å². The Kier molecular flexibility index (Phi) is 5.54. The molecule has 1 fully saturated rings. The number of rotatable bonds is 5. The molecule has 2 aliphatic heterocycles. The number of aliphatic imine (C=N–C) groups is 1. The summed E-state index contributed by atoms with van der Waals surface area (Å²) in [7, 11) is -3.68. The van der Waals surface area contributed by atoms with E-state index in [-0.39, 0.29) is 29.0 Å². The van der Waals surface area contributed by atoms with Crippen LogP contribution in [0.25, 0.3) is 0 Å². The highest BCUT2D eigenvalue weighted by atomic mass is 32.2. The Balaban J connectivity index is 1.67. The molecule has 2 N–H and O–H groups in total. The third-order valence-corrected chi connectivity index (χ3v) is 6.05. The van der Waals surface area contributed by atoms with Gasteiger partial charge in [0.15, 0.2) is 5.17 Å². The van der Waals surface area contributed by atoms with E-state index in [4.69, 9.17) is 4.74 Å². The van der Waals surface area contributed by atoms with Crippen molar-refractivity contribution in [3.05, 3.63) is 29.8 Å². The molecule has 1 aromatic carbocycles. The van der Waals surface area contributed by atoms with Crippen molar-refractivity contribution in [1.82, 2.24) is 10.0 Å². The van der Waals surface area contributed by atoms with Gasteiger partial charge in [0, 0.05) is 24.5 Å². The van der Waals surface area contributed by atoms with Crippen molar-refractivity contribution in [2.45, 2.75) is 23.8 Å². The first-order valence-electron chi connectivity index (χ1n) is 7.74. The second-order valence-electron chi connectivity index (χ2n) is 5.50. The van der Waals surface area contributed by atoms with Gasteiger partial charge in [-0.15, -0.1) is 0 Å². The number of thioether (sulfide) groups is 1. The van der Waals surface area contributed by atoms with Crippen LogP contribution in [0.5, 0.6) is 0 Å². The topological polar surface area (TPSA) is 96.9 Å². The van der Waals surface area contributed by atoms with Crippen molar-refractivity contribution < 1.29 is 17.9 Å². The second-order valence-corrected chi connectivity index (χ2v) is 8.35. The van der Waals surface area contributed by atoms with Crippen LogP contribution in [0.3, 0.4) is 0 Å². The van der Waals surface area contributed by atoms with Crippen LogP contribution in [0.2, 0.25) is 0 Å². The third kappa shape index (κ3) is 4.35. The molecule has 130 valence electrons. The van der Waals surface area contributed by atoms with Gasteiger partial charge in [0.2, 0.25) is 10.0 Å². The molecule has 7 nitrogen and oxygen atoms in total. The highest BCUT2D eigenvalue weighted by Gasteiger charge is 2.21. The molecule has 3 rings (SSSR count). The van der Waals surface area contributed by atoms with Gasteiger partial charge in [-0.2, -0.15) is 0 Å². The normalized spacial score (nSPS) is 20.8. The molecule has 0 bridgehead atoms. The van der Waals surface area contributed by atoms with Crippen LogP contribution in [0.15, 0.2) is 34.2 Å². The molecule has 1 aromatic rings. The van der Waals surface area contributed by atoms with Gasteiger partial charge in [0.1, 0.15) is 0 Å². The van der Waals surface area contributed by atoms with E-state index < -0.39 is 10.0 Å². The number of benzene rings is 1. The fraction of sp³-hybridized carbons (Fsp3) is 0.467. The van der Waals surface area contributed by atoms with Crippen molar-refractivity contribution in [3.8, 4) is 0 Å². The molecule has 0 radical (unpaired) electrons. The monoisotopic (exact) mass is 369 g/mol. The third-order valence-electron chi connectivity index (χ3n) is 3.74. The Morgan fingerprint density at radius 3 is 3.00 bits per heavy atom. The number of ether oxygens (including phenoxy) is 1. The fourth-order valence-electron chi connectivity index (χ4n) is 2.48. The number of hydrogen-bond donors (Lipinski definition) is 2. The van der Waals surface area contributed by atoms with Crippen molar-refractivity contribution in [3.63, 3.8) is 0 Å². The van der Waals surface area contributed by atoms with Gasteiger partial charge in [-0.25, -0.2) is 13.1 Å². The predicted octanol–water partition coefficient (Wildman–Crippen LogP) is 0.976. The molecule has 1 unspecified atom stereocenters. The number of amidine groups is 1. The summed E-state index contributed by atoms with van der Waals surface area (Å²) < 4.78 is 32.7. The zero-order valence-corrected chi connectivity index (χ0v) is 14.7. The smallest absolute Gasteiger partial charge is 0.257 e. The molecule has 1 atom stereocenters. The number of carbonyl (C=O) groups is 1. The second kappa shape index (κ2) is 7.64. The van der Waals surface area contributed by atoms with Crippen molar-refractivity contribution >= 4 is 32.9 Å². The predicted molar refractivity (Wildman–Crippen MR) is 92.8 cm³/mol. The number of carbonyl (C=O) groups excluding carboxylic acids is 1. The molecule has 2 heterocycles. The summed E-state index contributed by atoms with van der Waals surface area (Å²) in [5, 5.41) is 3.26. The molecular weight excluding hydrogens is 350 g/mol. The average Bonchev–Trinajstić information content (AvgIpc) is 3.27. The fourth-order valence-corrected chi connectivity index (χ4v) is 4.31. The van der Waals surface area contributed by atoms with Gasteiger partial charge in [-0.1, -0.05) is 17.8 Å². The van der Waals surface area contributed by atoms with Crippen LogP contribution in [-0.4, -0.2) is 51.0 Å². The van der Waals surface area contributed by atoms with E-state index in [1.54, 1.807) is 12.1 Å². The Hall–Kier alpha value is -1.42. The van der Waals surface area contributed by atoms with Gasteiger partial charge in [0.05, 0.1) is 17.5 Å². The van der Waals surface area contributed by atoms with Gasteiger partial charge < -0.3 is 10.1 Å². The van der Waals surface area contributed by atoms with Gasteiger partial charge in [-0.05, 0) is 31.0 Å². The summed E-state index contributed by atoms with van der Waals surface area (Å²) in [6, 6.07) is 5.97. The number of nitrogens with zero attached hydrogens (tertiary/aromatic N) is 1. The summed E-state index contributed by atoms with van der Waals surface area (Å²) in [5.41, 5.74) is 0.283. The molecular formula is C15H19N3O4S2. The molecule has 0 aliphatic carbocycles. The minimum atomic E-state index is -3.68. The summed E-state index contributed by atoms with van der Waals surface area (Å²) in [6.45, 7) is 1.60. The summed E-state index contributed by atoms with van der Waals surface area (Å²) in [4.78, 5) is 16.4. The molecule has 1 amide bonds. The zero-order chi connectivity index (χ0) is 17.0. The Morgan fingerprint density at radius 2 is 2.29 bits per heavy atom. The maximum atomic E-state index is 12.4. The molecule has 0 spiro atoms. The van der Waals surface area contributed by atoms with E-state index >= 15 is 0 Å².